The molecule has 1 heterocycles. The predicted octanol–water partition coefficient (Wildman–Crippen LogP) is 1.36. The molecule has 0 aliphatic carbocycles. The van der Waals surface area contributed by atoms with E-state index in [0.717, 1.165) is 5.56 Å². The van der Waals surface area contributed by atoms with Gasteiger partial charge in [-0.1, -0.05) is 30.3 Å². The first-order chi connectivity index (χ1) is 15.0. The van der Waals surface area contributed by atoms with Crippen molar-refractivity contribution in [2.75, 3.05) is 45.8 Å². The summed E-state index contributed by atoms with van der Waals surface area (Å²) in [6.07, 6.45) is -0.224. The molecule has 9 nitrogen and oxygen atoms in total. The van der Waals surface area contributed by atoms with E-state index in [1.807, 2.05) is 30.3 Å². The molecule has 1 fully saturated rings. The smallest absolute Gasteiger partial charge is 0.313 e. The molecule has 2 aromatic carbocycles. The molecule has 0 spiro atoms. The predicted molar refractivity (Wildman–Crippen MR) is 113 cm³/mol. The Balaban J connectivity index is 1.53. The van der Waals surface area contributed by atoms with E-state index in [2.05, 4.69) is 10.6 Å². The number of ether oxygens (including phenoxy) is 3. The summed E-state index contributed by atoms with van der Waals surface area (Å²) in [5.74, 6) is -1.26. The summed E-state index contributed by atoms with van der Waals surface area (Å²) in [6, 6.07) is 14.4. The minimum Gasteiger partial charge on any atom is -0.497 e. The van der Waals surface area contributed by atoms with Crippen LogP contribution in [0.3, 0.4) is 0 Å². The average Bonchev–Trinajstić information content (AvgIpc) is 2.82. The number of amides is 3. The molecule has 1 aliphatic heterocycles. The standard InChI is InChI=1S/C22H25N3O6/c1-29-16-8-9-18(30-2)17(12-16)24-22(28)21(27)23-13-20(26)25-10-11-31-19(14-25)15-6-4-3-5-7-15/h3-9,12,19H,10-11,13-14H2,1-2H3,(H,23,27)(H,24,28)/t19-/m1/s1. The minimum absolute atomic E-state index is 0.224. The van der Waals surface area contributed by atoms with Crippen LogP contribution in [0.1, 0.15) is 11.7 Å². The van der Waals surface area contributed by atoms with Gasteiger partial charge in [0.05, 0.1) is 39.6 Å². The number of methoxy groups -OCH3 is 2. The lowest BCUT2D eigenvalue weighted by atomic mass is 10.1. The summed E-state index contributed by atoms with van der Waals surface area (Å²) in [6.45, 7) is 0.912. The SMILES string of the molecule is COc1ccc(OC)c(NC(=O)C(=O)NCC(=O)N2CCO[C@@H](c3ccccc3)C2)c1. The molecule has 0 radical (unpaired) electrons. The van der Waals surface area contributed by atoms with Crippen molar-refractivity contribution in [3.05, 3.63) is 54.1 Å². The molecule has 164 valence electrons. The molecule has 1 aliphatic rings. The van der Waals surface area contributed by atoms with Gasteiger partial charge in [0.25, 0.3) is 0 Å². The summed E-state index contributed by atoms with van der Waals surface area (Å²) in [4.78, 5) is 38.6. The number of morpholine rings is 1. The molecule has 9 heteroatoms. The van der Waals surface area contributed by atoms with Crippen molar-refractivity contribution in [2.24, 2.45) is 0 Å². The van der Waals surface area contributed by atoms with Gasteiger partial charge in [0.2, 0.25) is 5.91 Å². The van der Waals surface area contributed by atoms with Gasteiger partial charge in [-0.25, -0.2) is 0 Å². The molecule has 3 rings (SSSR count). The van der Waals surface area contributed by atoms with Crippen LogP contribution in [0, 0.1) is 0 Å². The van der Waals surface area contributed by atoms with Crippen molar-refractivity contribution in [1.29, 1.82) is 0 Å². The lowest BCUT2D eigenvalue weighted by Gasteiger charge is -2.33. The van der Waals surface area contributed by atoms with Gasteiger partial charge < -0.3 is 29.7 Å². The topological polar surface area (TPSA) is 106 Å². The fourth-order valence-corrected chi connectivity index (χ4v) is 3.18. The van der Waals surface area contributed by atoms with Gasteiger partial charge in [-0.15, -0.1) is 0 Å². The summed E-state index contributed by atoms with van der Waals surface area (Å²) in [7, 11) is 2.93. The number of carbonyl (C=O) groups excluding carboxylic acids is 3. The highest BCUT2D eigenvalue weighted by Crippen LogP contribution is 2.28. The summed E-state index contributed by atoms with van der Waals surface area (Å²) >= 11 is 0. The molecule has 2 aromatic rings. The molecule has 1 saturated heterocycles. The molecule has 3 amide bonds. The van der Waals surface area contributed by atoms with Crippen LogP contribution < -0.4 is 20.1 Å². The zero-order valence-corrected chi connectivity index (χ0v) is 17.4. The van der Waals surface area contributed by atoms with Crippen LogP contribution in [0.15, 0.2) is 48.5 Å². The Morgan fingerprint density at radius 2 is 1.84 bits per heavy atom. The fourth-order valence-electron chi connectivity index (χ4n) is 3.18. The number of hydrogen-bond donors (Lipinski definition) is 2. The summed E-state index contributed by atoms with van der Waals surface area (Å²) in [5, 5.41) is 4.83. The van der Waals surface area contributed by atoms with E-state index in [0.29, 0.717) is 31.2 Å². The third-order valence-corrected chi connectivity index (χ3v) is 4.85. The average molecular weight is 427 g/mol. The Hall–Kier alpha value is -3.59. The zero-order chi connectivity index (χ0) is 22.2. The molecule has 0 aromatic heterocycles. The monoisotopic (exact) mass is 427 g/mol. The first kappa shape index (κ1) is 22.1. The van der Waals surface area contributed by atoms with Gasteiger partial charge in [-0.3, -0.25) is 14.4 Å². The molecule has 1 atom stereocenters. The number of hydrogen-bond acceptors (Lipinski definition) is 6. The Bertz CT molecular complexity index is 934. The first-order valence-corrected chi connectivity index (χ1v) is 9.77. The third-order valence-electron chi connectivity index (χ3n) is 4.85. The number of benzene rings is 2. The highest BCUT2D eigenvalue weighted by Gasteiger charge is 2.26. The van der Waals surface area contributed by atoms with Crippen LogP contribution in [0.5, 0.6) is 11.5 Å². The van der Waals surface area contributed by atoms with Crippen molar-refractivity contribution in [2.45, 2.75) is 6.10 Å². The first-order valence-electron chi connectivity index (χ1n) is 9.77. The lowest BCUT2D eigenvalue weighted by Crippen LogP contribution is -2.48. The summed E-state index contributed by atoms with van der Waals surface area (Å²) in [5.41, 5.74) is 1.27. The number of nitrogens with zero attached hydrogens (tertiary/aromatic N) is 1. The van der Waals surface area contributed by atoms with E-state index in [1.165, 1.54) is 20.3 Å². The molecule has 0 bridgehead atoms. The van der Waals surface area contributed by atoms with Crippen LogP contribution in [-0.4, -0.2) is 63.1 Å². The normalized spacial score (nSPS) is 15.7. The van der Waals surface area contributed by atoms with Gasteiger partial charge in [0, 0.05) is 12.6 Å². The largest absolute Gasteiger partial charge is 0.497 e. The Morgan fingerprint density at radius 3 is 2.55 bits per heavy atom. The quantitative estimate of drug-likeness (QED) is 0.675. The van der Waals surface area contributed by atoms with Crippen molar-refractivity contribution >= 4 is 23.4 Å². The molecular formula is C22H25N3O6. The van der Waals surface area contributed by atoms with Gasteiger partial charge in [-0.05, 0) is 17.7 Å². The number of nitrogens with one attached hydrogen (secondary N) is 2. The van der Waals surface area contributed by atoms with E-state index in [4.69, 9.17) is 14.2 Å². The van der Waals surface area contributed by atoms with Crippen molar-refractivity contribution in [3.8, 4) is 11.5 Å². The second-order valence-corrected chi connectivity index (χ2v) is 6.81. The zero-order valence-electron chi connectivity index (χ0n) is 17.4. The highest BCUT2D eigenvalue weighted by atomic mass is 16.5. The minimum atomic E-state index is -0.925. The second kappa shape index (κ2) is 10.4. The number of rotatable bonds is 6. The number of carbonyl (C=O) groups is 3. The molecule has 31 heavy (non-hydrogen) atoms. The van der Waals surface area contributed by atoms with Gasteiger partial charge >= 0.3 is 11.8 Å². The van der Waals surface area contributed by atoms with Crippen molar-refractivity contribution < 1.29 is 28.6 Å². The van der Waals surface area contributed by atoms with E-state index < -0.39 is 11.8 Å². The van der Waals surface area contributed by atoms with Crippen LogP contribution in [0.2, 0.25) is 0 Å². The molecule has 0 saturated carbocycles. The third kappa shape index (κ3) is 5.73. The van der Waals surface area contributed by atoms with Crippen LogP contribution in [0.4, 0.5) is 5.69 Å². The highest BCUT2D eigenvalue weighted by molar-refractivity contribution is 6.40. The second-order valence-electron chi connectivity index (χ2n) is 6.81. The van der Waals surface area contributed by atoms with E-state index in [1.54, 1.807) is 17.0 Å². The van der Waals surface area contributed by atoms with Gasteiger partial charge in [0.1, 0.15) is 17.6 Å². The van der Waals surface area contributed by atoms with Gasteiger partial charge in [-0.2, -0.15) is 0 Å². The molecular weight excluding hydrogens is 402 g/mol. The Kier molecular flexibility index (Phi) is 7.45. The maximum Gasteiger partial charge on any atom is 0.313 e. The Labute approximate surface area is 180 Å². The van der Waals surface area contributed by atoms with Crippen molar-refractivity contribution in [3.63, 3.8) is 0 Å². The van der Waals surface area contributed by atoms with Crippen LogP contribution >= 0.6 is 0 Å². The Morgan fingerprint density at radius 1 is 1.06 bits per heavy atom. The maximum atomic E-state index is 12.5. The van der Waals surface area contributed by atoms with E-state index >= 15 is 0 Å². The van der Waals surface area contributed by atoms with E-state index in [-0.39, 0.29) is 24.2 Å². The summed E-state index contributed by atoms with van der Waals surface area (Å²) < 4.78 is 16.0. The van der Waals surface area contributed by atoms with E-state index in [9.17, 15) is 14.4 Å². The van der Waals surface area contributed by atoms with Crippen LogP contribution in [-0.2, 0) is 19.1 Å². The van der Waals surface area contributed by atoms with Gasteiger partial charge in [0.15, 0.2) is 0 Å². The lowest BCUT2D eigenvalue weighted by molar-refractivity contribution is -0.141. The molecule has 0 unspecified atom stereocenters. The van der Waals surface area contributed by atoms with Crippen molar-refractivity contribution in [1.82, 2.24) is 10.2 Å². The number of anilines is 1. The maximum absolute atomic E-state index is 12.5. The molecule has 2 N–H and O–H groups in total. The van der Waals surface area contributed by atoms with Crippen LogP contribution in [0.25, 0.3) is 0 Å². The fraction of sp³-hybridized carbons (Fsp3) is 0.318.